The number of hydrogen-bond acceptors (Lipinski definition) is 5. The number of likely N-dealkylation sites (N-methyl/N-ethyl adjacent to an activating group) is 1. The van der Waals surface area contributed by atoms with Crippen molar-refractivity contribution < 1.29 is 0 Å². The first-order valence-electron chi connectivity index (χ1n) is 6.69. The van der Waals surface area contributed by atoms with Gasteiger partial charge in [-0.2, -0.15) is 10.2 Å². The van der Waals surface area contributed by atoms with Crippen LogP contribution in [0.5, 0.6) is 0 Å². The molecule has 5 heteroatoms. The van der Waals surface area contributed by atoms with E-state index in [0.717, 1.165) is 35.8 Å². The van der Waals surface area contributed by atoms with Crippen LogP contribution in [0, 0.1) is 6.92 Å². The minimum absolute atomic E-state index is 0.264. The van der Waals surface area contributed by atoms with E-state index in [1.54, 1.807) is 11.3 Å². The minimum Gasteiger partial charge on any atom is -0.310 e. The van der Waals surface area contributed by atoms with Crippen LogP contribution in [0.4, 0.5) is 0 Å². The van der Waals surface area contributed by atoms with Crippen molar-refractivity contribution in [2.75, 3.05) is 6.54 Å². The summed E-state index contributed by atoms with van der Waals surface area (Å²) in [4.78, 5) is 4.38. The van der Waals surface area contributed by atoms with Gasteiger partial charge in [-0.25, -0.2) is 4.98 Å². The van der Waals surface area contributed by atoms with E-state index in [-0.39, 0.29) is 6.04 Å². The van der Waals surface area contributed by atoms with Crippen LogP contribution in [-0.2, 0) is 12.8 Å². The predicted octanol–water partition coefficient (Wildman–Crippen LogP) is 2.70. The molecular formula is C14H20N4S. The summed E-state index contributed by atoms with van der Waals surface area (Å²) in [5, 5.41) is 15.2. The molecule has 4 nitrogen and oxygen atoms in total. The number of rotatable bonds is 6. The lowest BCUT2D eigenvalue weighted by atomic mass is 10.0. The zero-order valence-electron chi connectivity index (χ0n) is 11.7. The Hall–Kier alpha value is -1.33. The normalized spacial score (nSPS) is 12.6. The number of nitrogens with zero attached hydrogens (tertiary/aromatic N) is 3. The van der Waals surface area contributed by atoms with Crippen molar-refractivity contribution in [3.63, 3.8) is 0 Å². The van der Waals surface area contributed by atoms with Crippen molar-refractivity contribution in [3.8, 4) is 0 Å². The van der Waals surface area contributed by atoms with Crippen molar-refractivity contribution in [1.29, 1.82) is 0 Å². The number of aryl methyl sites for hydroxylation is 2. The fraction of sp³-hybridized carbons (Fsp3) is 0.500. The lowest BCUT2D eigenvalue weighted by molar-refractivity contribution is 0.539. The number of thiazole rings is 1. The highest BCUT2D eigenvalue weighted by molar-refractivity contribution is 7.09. The SMILES string of the molecule is CCNC(Cc1nccs1)c1cc(C)nnc1CC. The van der Waals surface area contributed by atoms with E-state index in [9.17, 15) is 0 Å². The average Bonchev–Trinajstić information content (AvgIpc) is 2.91. The molecule has 0 aliphatic heterocycles. The summed E-state index contributed by atoms with van der Waals surface area (Å²) < 4.78 is 0. The Balaban J connectivity index is 2.29. The molecular weight excluding hydrogens is 256 g/mol. The van der Waals surface area contributed by atoms with Gasteiger partial charge in [0.05, 0.1) is 16.4 Å². The van der Waals surface area contributed by atoms with Gasteiger partial charge in [-0.1, -0.05) is 13.8 Å². The molecule has 0 spiro atoms. The van der Waals surface area contributed by atoms with Gasteiger partial charge in [0.1, 0.15) is 0 Å². The van der Waals surface area contributed by atoms with Crippen LogP contribution < -0.4 is 5.32 Å². The molecule has 2 rings (SSSR count). The van der Waals surface area contributed by atoms with E-state index in [1.807, 2.05) is 18.5 Å². The molecule has 0 amide bonds. The molecule has 0 radical (unpaired) electrons. The standard InChI is InChI=1S/C14H20N4S/c1-4-12-11(8-10(3)17-18-12)13(15-5-2)9-14-16-6-7-19-14/h6-8,13,15H,4-5,9H2,1-3H3. The Morgan fingerprint density at radius 3 is 2.79 bits per heavy atom. The first-order chi connectivity index (χ1) is 9.24. The van der Waals surface area contributed by atoms with Crippen LogP contribution in [0.1, 0.15) is 41.8 Å². The van der Waals surface area contributed by atoms with Gasteiger partial charge in [0.25, 0.3) is 0 Å². The summed E-state index contributed by atoms with van der Waals surface area (Å²) in [7, 11) is 0. The van der Waals surface area contributed by atoms with Gasteiger partial charge in [-0.05, 0) is 31.5 Å². The summed E-state index contributed by atoms with van der Waals surface area (Å²) in [6, 6.07) is 2.41. The molecule has 2 aromatic heterocycles. The summed E-state index contributed by atoms with van der Waals surface area (Å²) in [5.74, 6) is 0. The Labute approximate surface area is 118 Å². The molecule has 0 fully saturated rings. The molecule has 0 saturated heterocycles. The van der Waals surface area contributed by atoms with E-state index in [1.165, 1.54) is 5.56 Å². The van der Waals surface area contributed by atoms with Gasteiger partial charge in [0.15, 0.2) is 0 Å². The van der Waals surface area contributed by atoms with Crippen molar-refractivity contribution in [2.45, 2.75) is 39.7 Å². The third-order valence-electron chi connectivity index (χ3n) is 3.05. The number of aromatic nitrogens is 3. The Morgan fingerprint density at radius 2 is 2.16 bits per heavy atom. The molecule has 0 aliphatic rings. The predicted molar refractivity (Wildman–Crippen MR) is 78.4 cm³/mol. The maximum absolute atomic E-state index is 4.38. The van der Waals surface area contributed by atoms with E-state index < -0.39 is 0 Å². The van der Waals surface area contributed by atoms with Gasteiger partial charge in [0, 0.05) is 24.0 Å². The zero-order chi connectivity index (χ0) is 13.7. The molecule has 0 aliphatic carbocycles. The number of nitrogens with one attached hydrogen (secondary N) is 1. The van der Waals surface area contributed by atoms with E-state index in [4.69, 9.17) is 0 Å². The van der Waals surface area contributed by atoms with E-state index in [0.29, 0.717) is 0 Å². The van der Waals surface area contributed by atoms with Crippen molar-refractivity contribution >= 4 is 11.3 Å². The highest BCUT2D eigenvalue weighted by Crippen LogP contribution is 2.22. The lowest BCUT2D eigenvalue weighted by Gasteiger charge is -2.19. The largest absolute Gasteiger partial charge is 0.310 e. The first kappa shape index (κ1) is 14.1. The molecule has 102 valence electrons. The average molecular weight is 276 g/mol. The van der Waals surface area contributed by atoms with Crippen LogP contribution in [0.3, 0.4) is 0 Å². The maximum atomic E-state index is 4.38. The monoisotopic (exact) mass is 276 g/mol. The van der Waals surface area contributed by atoms with Gasteiger partial charge in [-0.15, -0.1) is 11.3 Å². The summed E-state index contributed by atoms with van der Waals surface area (Å²) in [6.45, 7) is 7.17. The quantitative estimate of drug-likeness (QED) is 0.881. The Kier molecular flexibility index (Phi) is 4.99. The maximum Gasteiger partial charge on any atom is 0.0943 e. The molecule has 2 aromatic rings. The van der Waals surface area contributed by atoms with E-state index >= 15 is 0 Å². The van der Waals surface area contributed by atoms with Gasteiger partial charge in [-0.3, -0.25) is 0 Å². The fourth-order valence-electron chi connectivity index (χ4n) is 2.18. The van der Waals surface area contributed by atoms with Crippen LogP contribution in [-0.4, -0.2) is 21.7 Å². The summed E-state index contributed by atoms with van der Waals surface area (Å²) in [5.41, 5.74) is 3.30. The van der Waals surface area contributed by atoms with Gasteiger partial charge >= 0.3 is 0 Å². The highest BCUT2D eigenvalue weighted by Gasteiger charge is 2.17. The van der Waals surface area contributed by atoms with Gasteiger partial charge in [0.2, 0.25) is 0 Å². The van der Waals surface area contributed by atoms with Crippen LogP contribution >= 0.6 is 11.3 Å². The first-order valence-corrected chi connectivity index (χ1v) is 7.57. The second kappa shape index (κ2) is 6.73. The third-order valence-corrected chi connectivity index (χ3v) is 3.85. The number of hydrogen-bond donors (Lipinski definition) is 1. The fourth-order valence-corrected chi connectivity index (χ4v) is 2.84. The molecule has 2 heterocycles. The van der Waals surface area contributed by atoms with Crippen LogP contribution in [0.15, 0.2) is 17.6 Å². The summed E-state index contributed by atoms with van der Waals surface area (Å²) >= 11 is 1.70. The molecule has 1 N–H and O–H groups in total. The Morgan fingerprint density at radius 1 is 1.32 bits per heavy atom. The summed E-state index contributed by atoms with van der Waals surface area (Å²) in [6.07, 6.45) is 3.67. The molecule has 19 heavy (non-hydrogen) atoms. The van der Waals surface area contributed by atoms with Crippen molar-refractivity contribution in [2.24, 2.45) is 0 Å². The van der Waals surface area contributed by atoms with E-state index in [2.05, 4.69) is 40.4 Å². The highest BCUT2D eigenvalue weighted by atomic mass is 32.1. The lowest BCUT2D eigenvalue weighted by Crippen LogP contribution is -2.25. The molecule has 0 aromatic carbocycles. The molecule has 1 unspecified atom stereocenters. The topological polar surface area (TPSA) is 50.7 Å². The second-order valence-corrected chi connectivity index (χ2v) is 5.46. The molecule has 0 bridgehead atoms. The molecule has 1 atom stereocenters. The van der Waals surface area contributed by atoms with Gasteiger partial charge < -0.3 is 5.32 Å². The smallest absolute Gasteiger partial charge is 0.0943 e. The second-order valence-electron chi connectivity index (χ2n) is 4.48. The van der Waals surface area contributed by atoms with Crippen molar-refractivity contribution in [3.05, 3.63) is 39.6 Å². The van der Waals surface area contributed by atoms with Crippen LogP contribution in [0.25, 0.3) is 0 Å². The van der Waals surface area contributed by atoms with Crippen LogP contribution in [0.2, 0.25) is 0 Å². The minimum atomic E-state index is 0.264. The zero-order valence-corrected chi connectivity index (χ0v) is 12.5. The Bertz CT molecular complexity index is 510. The van der Waals surface area contributed by atoms with Crippen molar-refractivity contribution in [1.82, 2.24) is 20.5 Å². The molecule has 0 saturated carbocycles. The third kappa shape index (κ3) is 3.58.